The second-order valence-corrected chi connectivity index (χ2v) is 6.79. The average molecular weight is 370 g/mol. The van der Waals surface area contributed by atoms with Crippen LogP contribution in [0, 0.1) is 0 Å². The van der Waals surface area contributed by atoms with Crippen LogP contribution >= 0.6 is 0 Å². The van der Waals surface area contributed by atoms with E-state index in [9.17, 15) is 14.4 Å². The van der Waals surface area contributed by atoms with Gasteiger partial charge in [-0.2, -0.15) is 5.10 Å². The molecule has 1 atom stereocenters. The Morgan fingerprint density at radius 2 is 1.70 bits per heavy atom. The van der Waals surface area contributed by atoms with Gasteiger partial charge in [0.2, 0.25) is 0 Å². The smallest absolute Gasteiger partial charge is 0.282 e. The quantitative estimate of drug-likeness (QED) is 0.564. The minimum absolute atomic E-state index is 0.0403. The number of carbonyl (C=O) groups excluding carboxylic acids is 3. The van der Waals surface area contributed by atoms with Crippen molar-refractivity contribution < 1.29 is 14.4 Å². The monoisotopic (exact) mass is 370 g/mol. The standard InChI is InChI=1S/C18H22N6O3/c1-12(2)24-17(26)16(25)22(18(24)27)11-21(4)13(3)14-5-7-15(8-6-14)23-10-19-9-20-23/h5-10,12-13H,11H2,1-4H3/t13-/m0/s1. The summed E-state index contributed by atoms with van der Waals surface area (Å²) in [5, 5.41) is 4.09. The number of aromatic nitrogens is 3. The molecule has 27 heavy (non-hydrogen) atoms. The topological polar surface area (TPSA) is 91.6 Å². The van der Waals surface area contributed by atoms with Gasteiger partial charge < -0.3 is 0 Å². The van der Waals surface area contributed by atoms with Crippen LogP contribution in [0.4, 0.5) is 4.79 Å². The molecular weight excluding hydrogens is 348 g/mol. The van der Waals surface area contributed by atoms with E-state index in [-0.39, 0.29) is 18.8 Å². The van der Waals surface area contributed by atoms with Gasteiger partial charge >= 0.3 is 17.8 Å². The Morgan fingerprint density at radius 3 is 2.22 bits per heavy atom. The maximum Gasteiger partial charge on any atom is 0.335 e. The zero-order valence-electron chi connectivity index (χ0n) is 15.7. The first-order chi connectivity index (χ1) is 12.8. The number of imide groups is 2. The number of hydrogen-bond acceptors (Lipinski definition) is 6. The van der Waals surface area contributed by atoms with Gasteiger partial charge in [0.25, 0.3) is 0 Å². The fourth-order valence-electron chi connectivity index (χ4n) is 2.95. The number of nitrogens with zero attached hydrogens (tertiary/aromatic N) is 6. The molecule has 0 spiro atoms. The van der Waals surface area contributed by atoms with Gasteiger partial charge in [0.05, 0.1) is 12.4 Å². The third kappa shape index (κ3) is 3.45. The third-order valence-electron chi connectivity index (χ3n) is 4.68. The van der Waals surface area contributed by atoms with E-state index in [0.29, 0.717) is 0 Å². The van der Waals surface area contributed by atoms with Gasteiger partial charge in [0, 0.05) is 12.1 Å². The van der Waals surface area contributed by atoms with E-state index in [1.807, 2.05) is 36.1 Å². The molecule has 0 saturated carbocycles. The second-order valence-electron chi connectivity index (χ2n) is 6.79. The van der Waals surface area contributed by atoms with Crippen molar-refractivity contribution >= 4 is 17.8 Å². The van der Waals surface area contributed by atoms with Crippen molar-refractivity contribution in [2.45, 2.75) is 32.9 Å². The van der Waals surface area contributed by atoms with Crippen molar-refractivity contribution in [3.8, 4) is 5.69 Å². The van der Waals surface area contributed by atoms with Crippen LogP contribution in [0.25, 0.3) is 5.69 Å². The van der Waals surface area contributed by atoms with Crippen LogP contribution in [0.15, 0.2) is 36.9 Å². The van der Waals surface area contributed by atoms with Crippen molar-refractivity contribution in [2.75, 3.05) is 13.7 Å². The molecule has 1 aromatic carbocycles. The van der Waals surface area contributed by atoms with Crippen LogP contribution in [-0.2, 0) is 9.59 Å². The van der Waals surface area contributed by atoms with Crippen LogP contribution < -0.4 is 0 Å². The molecule has 9 heteroatoms. The highest BCUT2D eigenvalue weighted by Crippen LogP contribution is 2.22. The molecule has 1 aliphatic rings. The number of hydrogen-bond donors (Lipinski definition) is 0. The molecule has 3 rings (SSSR count). The van der Waals surface area contributed by atoms with Crippen molar-refractivity contribution in [1.29, 1.82) is 0 Å². The SMILES string of the molecule is CC(C)N1C(=O)C(=O)N(CN(C)[C@@H](C)c2ccc(-n3cncn3)cc2)C1=O. The van der Waals surface area contributed by atoms with Gasteiger partial charge in [0.1, 0.15) is 12.7 Å². The summed E-state index contributed by atoms with van der Waals surface area (Å²) in [7, 11) is 1.80. The summed E-state index contributed by atoms with van der Waals surface area (Å²) in [5.74, 6) is -1.55. The zero-order chi connectivity index (χ0) is 19.7. The molecule has 0 unspecified atom stereocenters. The Labute approximate surface area is 157 Å². The molecule has 142 valence electrons. The predicted molar refractivity (Wildman–Crippen MR) is 96.6 cm³/mol. The van der Waals surface area contributed by atoms with Crippen molar-refractivity contribution in [3.63, 3.8) is 0 Å². The molecule has 1 aromatic heterocycles. The van der Waals surface area contributed by atoms with Crippen LogP contribution in [0.2, 0.25) is 0 Å². The number of benzene rings is 1. The second kappa shape index (κ2) is 7.28. The molecule has 1 fully saturated rings. The zero-order valence-corrected chi connectivity index (χ0v) is 15.7. The van der Waals surface area contributed by atoms with Crippen LogP contribution in [-0.4, -0.2) is 67.1 Å². The molecule has 2 heterocycles. The fraction of sp³-hybridized carbons (Fsp3) is 0.389. The minimum Gasteiger partial charge on any atom is -0.282 e. The van der Waals surface area contributed by atoms with Gasteiger partial charge in [-0.1, -0.05) is 12.1 Å². The summed E-state index contributed by atoms with van der Waals surface area (Å²) in [5.41, 5.74) is 1.89. The third-order valence-corrected chi connectivity index (χ3v) is 4.68. The van der Waals surface area contributed by atoms with Crippen molar-refractivity contribution in [2.24, 2.45) is 0 Å². The van der Waals surface area contributed by atoms with E-state index in [2.05, 4.69) is 10.1 Å². The number of urea groups is 1. The molecule has 2 aromatic rings. The Balaban J connectivity index is 1.70. The van der Waals surface area contributed by atoms with Crippen molar-refractivity contribution in [3.05, 3.63) is 42.5 Å². The highest BCUT2D eigenvalue weighted by Gasteiger charge is 2.46. The molecule has 1 aliphatic heterocycles. The lowest BCUT2D eigenvalue weighted by molar-refractivity contribution is -0.144. The first-order valence-corrected chi connectivity index (χ1v) is 8.65. The first kappa shape index (κ1) is 18.7. The maximum atomic E-state index is 12.4. The lowest BCUT2D eigenvalue weighted by Crippen LogP contribution is -2.42. The van der Waals surface area contributed by atoms with E-state index >= 15 is 0 Å². The molecule has 0 bridgehead atoms. The minimum atomic E-state index is -0.783. The van der Waals surface area contributed by atoms with Gasteiger partial charge in [-0.3, -0.25) is 19.4 Å². The van der Waals surface area contributed by atoms with E-state index in [1.54, 1.807) is 31.9 Å². The molecule has 0 aliphatic carbocycles. The summed E-state index contributed by atoms with van der Waals surface area (Å²) in [4.78, 5) is 44.4. The Bertz CT molecular complexity index is 846. The summed E-state index contributed by atoms with van der Waals surface area (Å²) >= 11 is 0. The molecule has 4 amide bonds. The average Bonchev–Trinajstić information content (AvgIpc) is 3.25. The number of amides is 4. The van der Waals surface area contributed by atoms with Gasteiger partial charge in [-0.05, 0) is 45.5 Å². The lowest BCUT2D eigenvalue weighted by atomic mass is 10.1. The molecular formula is C18H22N6O3. The molecule has 0 N–H and O–H groups in total. The largest absolute Gasteiger partial charge is 0.335 e. The number of carbonyl (C=O) groups is 3. The summed E-state index contributed by atoms with van der Waals surface area (Å²) in [6.07, 6.45) is 3.09. The Hall–Kier alpha value is -3.07. The fourth-order valence-corrected chi connectivity index (χ4v) is 2.95. The highest BCUT2D eigenvalue weighted by atomic mass is 16.2. The van der Waals surface area contributed by atoms with E-state index < -0.39 is 17.8 Å². The summed E-state index contributed by atoms with van der Waals surface area (Å²) in [6.45, 7) is 5.42. The Morgan fingerprint density at radius 1 is 1.04 bits per heavy atom. The maximum absolute atomic E-state index is 12.4. The summed E-state index contributed by atoms with van der Waals surface area (Å²) < 4.78 is 1.66. The van der Waals surface area contributed by atoms with E-state index in [0.717, 1.165) is 21.1 Å². The molecule has 9 nitrogen and oxygen atoms in total. The van der Waals surface area contributed by atoms with Crippen LogP contribution in [0.5, 0.6) is 0 Å². The van der Waals surface area contributed by atoms with Gasteiger partial charge in [0.15, 0.2) is 0 Å². The summed E-state index contributed by atoms with van der Waals surface area (Å²) in [6, 6.07) is 6.76. The normalized spacial score (nSPS) is 16.1. The van der Waals surface area contributed by atoms with Crippen LogP contribution in [0.3, 0.4) is 0 Å². The first-order valence-electron chi connectivity index (χ1n) is 8.65. The lowest BCUT2D eigenvalue weighted by Gasteiger charge is -2.28. The van der Waals surface area contributed by atoms with E-state index in [4.69, 9.17) is 0 Å². The molecule has 1 saturated heterocycles. The van der Waals surface area contributed by atoms with Gasteiger partial charge in [-0.15, -0.1) is 0 Å². The van der Waals surface area contributed by atoms with Crippen LogP contribution in [0.1, 0.15) is 32.4 Å². The molecule has 0 radical (unpaired) electrons. The highest BCUT2D eigenvalue weighted by molar-refractivity contribution is 6.44. The van der Waals surface area contributed by atoms with Gasteiger partial charge in [-0.25, -0.2) is 19.4 Å². The van der Waals surface area contributed by atoms with Crippen molar-refractivity contribution in [1.82, 2.24) is 29.5 Å². The van der Waals surface area contributed by atoms with E-state index in [1.165, 1.54) is 6.33 Å². The Kier molecular flexibility index (Phi) is 5.04. The number of rotatable bonds is 6. The predicted octanol–water partition coefficient (Wildman–Crippen LogP) is 1.42.